The molecule has 0 saturated heterocycles. The Labute approximate surface area is 84.7 Å². The molecule has 0 aromatic rings. The second kappa shape index (κ2) is 3.98. The highest BCUT2D eigenvalue weighted by atomic mass is 16.6. The fraction of sp³-hybridized carbons (Fsp3) is 0.800. The second-order valence-corrected chi connectivity index (χ2v) is 4.64. The number of carbonyl (C=O) groups excluding carboxylic acids is 1. The average Bonchev–Trinajstić information content (AvgIpc) is 2.78. The van der Waals surface area contributed by atoms with E-state index in [-0.39, 0.29) is 0 Å². The highest BCUT2D eigenvalue weighted by Crippen LogP contribution is 2.30. The predicted octanol–water partition coefficient (Wildman–Crippen LogP) is 2.30. The van der Waals surface area contributed by atoms with Crippen LogP contribution in [0.2, 0.25) is 0 Å². The minimum atomic E-state index is -0.488. The molecule has 1 N–H and O–H groups in total. The third-order valence-corrected chi connectivity index (χ3v) is 1.89. The summed E-state index contributed by atoms with van der Waals surface area (Å²) in [4.78, 5) is 11.2. The van der Waals surface area contributed by atoms with Crippen LogP contribution in [0.1, 0.15) is 40.5 Å². The van der Waals surface area contributed by atoms with E-state index in [0.717, 1.165) is 5.71 Å². The predicted molar refractivity (Wildman–Crippen MR) is 55.2 cm³/mol. The van der Waals surface area contributed by atoms with Crippen molar-refractivity contribution < 1.29 is 9.53 Å². The molecule has 0 aliphatic heterocycles. The number of nitrogens with one attached hydrogen (secondary N) is 1. The molecule has 4 heteroatoms. The minimum absolute atomic E-state index is 0.465. The molecule has 1 amide bonds. The lowest BCUT2D eigenvalue weighted by atomic mass is 10.2. The zero-order valence-corrected chi connectivity index (χ0v) is 9.26. The molecule has 0 bridgehead atoms. The summed E-state index contributed by atoms with van der Waals surface area (Å²) in [6.45, 7) is 7.40. The summed E-state index contributed by atoms with van der Waals surface area (Å²) in [5, 5.41) is 3.96. The summed E-state index contributed by atoms with van der Waals surface area (Å²) in [5.41, 5.74) is 2.90. The lowest BCUT2D eigenvalue weighted by Gasteiger charge is -2.18. The molecule has 0 unspecified atom stereocenters. The number of rotatable bonds is 2. The monoisotopic (exact) mass is 198 g/mol. The van der Waals surface area contributed by atoms with Gasteiger partial charge in [0.25, 0.3) is 0 Å². The molecular weight excluding hydrogens is 180 g/mol. The minimum Gasteiger partial charge on any atom is -0.443 e. The zero-order valence-electron chi connectivity index (χ0n) is 9.26. The fourth-order valence-electron chi connectivity index (χ4n) is 1.03. The SMILES string of the molecule is C/C(=N/NC(=O)OC(C)(C)C)C1CC1. The molecule has 80 valence electrons. The summed E-state index contributed by atoms with van der Waals surface area (Å²) in [5.74, 6) is 0.574. The Morgan fingerprint density at radius 3 is 2.43 bits per heavy atom. The van der Waals surface area contributed by atoms with Gasteiger partial charge in [-0.25, -0.2) is 10.2 Å². The van der Waals surface area contributed by atoms with Crippen LogP contribution in [-0.2, 0) is 4.74 Å². The van der Waals surface area contributed by atoms with Crippen LogP contribution in [0.15, 0.2) is 5.10 Å². The van der Waals surface area contributed by atoms with Gasteiger partial charge in [-0.2, -0.15) is 5.10 Å². The summed E-state index contributed by atoms with van der Waals surface area (Å²) < 4.78 is 5.03. The van der Waals surface area contributed by atoms with E-state index in [2.05, 4.69) is 10.5 Å². The maximum absolute atomic E-state index is 11.2. The van der Waals surface area contributed by atoms with Crippen molar-refractivity contribution in [2.24, 2.45) is 11.0 Å². The van der Waals surface area contributed by atoms with Gasteiger partial charge in [-0.1, -0.05) is 0 Å². The highest BCUT2D eigenvalue weighted by Gasteiger charge is 2.24. The molecule has 1 saturated carbocycles. The Morgan fingerprint density at radius 2 is 2.00 bits per heavy atom. The molecule has 0 aromatic carbocycles. The molecule has 14 heavy (non-hydrogen) atoms. The largest absolute Gasteiger partial charge is 0.443 e. The zero-order chi connectivity index (χ0) is 10.8. The average molecular weight is 198 g/mol. The number of carbonyl (C=O) groups is 1. The summed E-state index contributed by atoms with van der Waals surface area (Å²) in [6.07, 6.45) is 1.88. The van der Waals surface area contributed by atoms with Crippen LogP contribution in [0, 0.1) is 5.92 Å². The number of ether oxygens (including phenoxy) is 1. The van der Waals surface area contributed by atoms with Gasteiger partial charge in [0.15, 0.2) is 0 Å². The molecule has 0 aromatic heterocycles. The molecule has 0 atom stereocenters. The van der Waals surface area contributed by atoms with Crippen molar-refractivity contribution >= 4 is 11.8 Å². The maximum Gasteiger partial charge on any atom is 0.428 e. The second-order valence-electron chi connectivity index (χ2n) is 4.64. The van der Waals surface area contributed by atoms with Crippen LogP contribution in [-0.4, -0.2) is 17.4 Å². The summed E-state index contributed by atoms with van der Waals surface area (Å²) in [7, 11) is 0. The van der Waals surface area contributed by atoms with E-state index in [4.69, 9.17) is 4.74 Å². The number of amides is 1. The molecule has 1 fully saturated rings. The standard InChI is InChI=1S/C10H18N2O2/c1-7(8-5-6-8)11-12-9(13)14-10(2,3)4/h8H,5-6H2,1-4H3,(H,12,13)/b11-7-. The van der Waals surface area contributed by atoms with Crippen LogP contribution in [0.4, 0.5) is 4.79 Å². The quantitative estimate of drug-likeness (QED) is 0.546. The Kier molecular flexibility index (Phi) is 3.13. The molecular formula is C10H18N2O2. The lowest BCUT2D eigenvalue weighted by molar-refractivity contribution is 0.0529. The highest BCUT2D eigenvalue weighted by molar-refractivity contribution is 5.87. The number of hydrazone groups is 1. The van der Waals surface area contributed by atoms with Crippen molar-refractivity contribution in [1.82, 2.24) is 5.43 Å². The van der Waals surface area contributed by atoms with E-state index in [1.165, 1.54) is 12.8 Å². The molecule has 4 nitrogen and oxygen atoms in total. The molecule has 0 spiro atoms. The first-order valence-electron chi connectivity index (χ1n) is 4.91. The molecule has 1 rings (SSSR count). The topological polar surface area (TPSA) is 50.7 Å². The first-order valence-corrected chi connectivity index (χ1v) is 4.91. The van der Waals surface area contributed by atoms with Gasteiger partial charge < -0.3 is 4.74 Å². The molecule has 0 radical (unpaired) electrons. The van der Waals surface area contributed by atoms with E-state index in [1.54, 1.807) is 0 Å². The van der Waals surface area contributed by atoms with Crippen molar-refractivity contribution in [3.05, 3.63) is 0 Å². The lowest BCUT2D eigenvalue weighted by Crippen LogP contribution is -2.30. The van der Waals surface area contributed by atoms with E-state index in [9.17, 15) is 4.79 Å². The van der Waals surface area contributed by atoms with Gasteiger partial charge >= 0.3 is 6.09 Å². The van der Waals surface area contributed by atoms with Gasteiger partial charge in [0.1, 0.15) is 5.60 Å². The fourth-order valence-corrected chi connectivity index (χ4v) is 1.03. The number of hydrogen-bond donors (Lipinski definition) is 1. The van der Waals surface area contributed by atoms with Crippen LogP contribution in [0.25, 0.3) is 0 Å². The van der Waals surface area contributed by atoms with Crippen molar-refractivity contribution in [3.63, 3.8) is 0 Å². The molecule has 1 aliphatic carbocycles. The first-order chi connectivity index (χ1) is 6.38. The van der Waals surface area contributed by atoms with Gasteiger partial charge in [-0.3, -0.25) is 0 Å². The van der Waals surface area contributed by atoms with E-state index in [1.807, 2.05) is 27.7 Å². The van der Waals surface area contributed by atoms with Gasteiger partial charge in [0.05, 0.1) is 0 Å². The van der Waals surface area contributed by atoms with Crippen LogP contribution in [0.3, 0.4) is 0 Å². The van der Waals surface area contributed by atoms with Crippen molar-refractivity contribution in [1.29, 1.82) is 0 Å². The van der Waals surface area contributed by atoms with E-state index in [0.29, 0.717) is 5.92 Å². The van der Waals surface area contributed by atoms with Crippen molar-refractivity contribution in [3.8, 4) is 0 Å². The maximum atomic E-state index is 11.2. The van der Waals surface area contributed by atoms with Crippen molar-refractivity contribution in [2.75, 3.05) is 0 Å². The Hall–Kier alpha value is -1.06. The van der Waals surface area contributed by atoms with Crippen LogP contribution in [0.5, 0.6) is 0 Å². The molecule has 1 aliphatic rings. The normalized spacial score (nSPS) is 17.9. The smallest absolute Gasteiger partial charge is 0.428 e. The Morgan fingerprint density at radius 1 is 1.43 bits per heavy atom. The number of nitrogens with zero attached hydrogens (tertiary/aromatic N) is 1. The Balaban J connectivity index is 2.30. The van der Waals surface area contributed by atoms with E-state index >= 15 is 0 Å². The third kappa shape index (κ3) is 4.25. The van der Waals surface area contributed by atoms with Gasteiger partial charge in [-0.15, -0.1) is 0 Å². The van der Waals surface area contributed by atoms with Gasteiger partial charge in [0, 0.05) is 5.71 Å². The van der Waals surface area contributed by atoms with Crippen LogP contribution < -0.4 is 5.43 Å². The Bertz CT molecular complexity index is 249. The number of hydrogen-bond acceptors (Lipinski definition) is 3. The van der Waals surface area contributed by atoms with Crippen molar-refractivity contribution in [2.45, 2.75) is 46.1 Å². The first kappa shape index (κ1) is 11.0. The molecule has 0 heterocycles. The van der Waals surface area contributed by atoms with Gasteiger partial charge in [0.2, 0.25) is 0 Å². The van der Waals surface area contributed by atoms with E-state index < -0.39 is 11.7 Å². The summed E-state index contributed by atoms with van der Waals surface area (Å²) in [6, 6.07) is 0. The third-order valence-electron chi connectivity index (χ3n) is 1.89. The summed E-state index contributed by atoms with van der Waals surface area (Å²) >= 11 is 0. The van der Waals surface area contributed by atoms with Gasteiger partial charge in [-0.05, 0) is 46.5 Å². The van der Waals surface area contributed by atoms with Crippen LogP contribution >= 0.6 is 0 Å².